The van der Waals surface area contributed by atoms with Crippen LogP contribution in [0.15, 0.2) is 26.8 Å². The Hall–Kier alpha value is -1.08. The van der Waals surface area contributed by atoms with Crippen LogP contribution in [-0.4, -0.2) is 21.5 Å². The fourth-order valence-electron chi connectivity index (χ4n) is 1.05. The van der Waals surface area contributed by atoms with Gasteiger partial charge < -0.3 is 0 Å². The number of nitrogens with one attached hydrogen (secondary N) is 1. The highest BCUT2D eigenvalue weighted by atomic mass is 32.2. The number of hydrogen-bond acceptors (Lipinski definition) is 4. The lowest BCUT2D eigenvalue weighted by Crippen LogP contribution is -2.24. The van der Waals surface area contributed by atoms with E-state index in [0.717, 1.165) is 0 Å². The van der Waals surface area contributed by atoms with Gasteiger partial charge in [-0.1, -0.05) is 11.2 Å². The molecule has 16 heavy (non-hydrogen) atoms. The van der Waals surface area contributed by atoms with Gasteiger partial charge in [-0.15, -0.1) is 11.3 Å². The molecule has 0 aliphatic carbocycles. The van der Waals surface area contributed by atoms with Gasteiger partial charge in [-0.2, -0.15) is 0 Å². The van der Waals surface area contributed by atoms with Gasteiger partial charge in [0.25, 0.3) is 0 Å². The van der Waals surface area contributed by atoms with Crippen molar-refractivity contribution in [2.24, 2.45) is 5.11 Å². The van der Waals surface area contributed by atoms with Crippen LogP contribution in [0.5, 0.6) is 0 Å². The molecule has 0 aromatic carbocycles. The van der Waals surface area contributed by atoms with Crippen LogP contribution in [0.25, 0.3) is 10.4 Å². The van der Waals surface area contributed by atoms with Crippen molar-refractivity contribution >= 4 is 21.4 Å². The number of sulfonamides is 1. The van der Waals surface area contributed by atoms with Crippen molar-refractivity contribution in [2.75, 3.05) is 13.1 Å². The molecule has 6 nitrogen and oxygen atoms in total. The predicted molar refractivity (Wildman–Crippen MR) is 62.8 cm³/mol. The van der Waals surface area contributed by atoms with Gasteiger partial charge in [-0.3, -0.25) is 0 Å². The molecule has 0 aliphatic heterocycles. The summed E-state index contributed by atoms with van der Waals surface area (Å²) in [7, 11) is -3.34. The summed E-state index contributed by atoms with van der Waals surface area (Å²) in [4.78, 5) is 2.61. The second-order valence-electron chi connectivity index (χ2n) is 2.99. The van der Waals surface area contributed by atoms with E-state index in [2.05, 4.69) is 14.7 Å². The van der Waals surface area contributed by atoms with Crippen molar-refractivity contribution in [3.05, 3.63) is 28.0 Å². The van der Waals surface area contributed by atoms with Crippen molar-refractivity contribution < 1.29 is 8.42 Å². The maximum atomic E-state index is 11.6. The normalized spacial score (nSPS) is 11.0. The number of azide groups is 1. The molecule has 0 atom stereocenters. The number of hydrogen-bond donors (Lipinski definition) is 1. The van der Waals surface area contributed by atoms with E-state index < -0.39 is 10.0 Å². The Balaban J connectivity index is 2.30. The van der Waals surface area contributed by atoms with E-state index >= 15 is 0 Å². The smallest absolute Gasteiger partial charge is 0.210 e. The van der Waals surface area contributed by atoms with Gasteiger partial charge in [0, 0.05) is 18.0 Å². The van der Waals surface area contributed by atoms with Gasteiger partial charge in [0.1, 0.15) is 4.21 Å². The highest BCUT2D eigenvalue weighted by molar-refractivity contribution is 7.91. The molecule has 1 heterocycles. The Kier molecular flexibility index (Phi) is 5.27. The molecule has 88 valence electrons. The summed E-state index contributed by atoms with van der Waals surface area (Å²) in [5, 5.41) is 5.08. The first-order chi connectivity index (χ1) is 7.67. The SMILES string of the molecule is [N-]=[N+]=NCCCCNS(=O)(=O)c1cccs1. The summed E-state index contributed by atoms with van der Waals surface area (Å²) in [6, 6.07) is 3.26. The van der Waals surface area contributed by atoms with E-state index in [9.17, 15) is 8.42 Å². The lowest BCUT2D eigenvalue weighted by Gasteiger charge is -2.03. The van der Waals surface area contributed by atoms with E-state index in [-0.39, 0.29) is 0 Å². The monoisotopic (exact) mass is 260 g/mol. The van der Waals surface area contributed by atoms with Crippen molar-refractivity contribution in [3.8, 4) is 0 Å². The second-order valence-corrected chi connectivity index (χ2v) is 5.93. The molecule has 1 aromatic heterocycles. The van der Waals surface area contributed by atoms with Crippen LogP contribution in [0.4, 0.5) is 0 Å². The Bertz CT molecular complexity index is 448. The lowest BCUT2D eigenvalue weighted by atomic mass is 10.3. The summed E-state index contributed by atoms with van der Waals surface area (Å²) in [6.45, 7) is 0.762. The fourth-order valence-corrected chi connectivity index (χ4v) is 3.16. The standard InChI is InChI=1S/C8H12N4O2S2/c9-12-10-5-1-2-6-11-16(13,14)8-4-3-7-15-8/h3-4,7,11H,1-2,5-6H2. The van der Waals surface area contributed by atoms with Crippen LogP contribution in [0.1, 0.15) is 12.8 Å². The highest BCUT2D eigenvalue weighted by Gasteiger charge is 2.13. The van der Waals surface area contributed by atoms with Crippen LogP contribution in [0.2, 0.25) is 0 Å². The molecule has 1 N–H and O–H groups in total. The first kappa shape index (κ1) is 13.0. The van der Waals surface area contributed by atoms with Gasteiger partial charge in [0.15, 0.2) is 0 Å². The molecule has 0 unspecified atom stereocenters. The Morgan fingerprint density at radius 1 is 1.50 bits per heavy atom. The summed E-state index contributed by atoms with van der Waals surface area (Å²) < 4.78 is 26.0. The molecule has 0 aliphatic rings. The molecule has 0 bridgehead atoms. The molecule has 0 spiro atoms. The molecule has 8 heteroatoms. The first-order valence-corrected chi connectivity index (χ1v) is 7.07. The maximum absolute atomic E-state index is 11.6. The molecule has 0 radical (unpaired) electrons. The molecular weight excluding hydrogens is 248 g/mol. The van der Waals surface area contributed by atoms with Gasteiger partial charge in [-0.25, -0.2) is 13.1 Å². The Morgan fingerprint density at radius 3 is 2.94 bits per heavy atom. The van der Waals surface area contributed by atoms with E-state index in [1.807, 2.05) is 0 Å². The van der Waals surface area contributed by atoms with Crippen LogP contribution in [0.3, 0.4) is 0 Å². The highest BCUT2D eigenvalue weighted by Crippen LogP contribution is 2.14. The topological polar surface area (TPSA) is 94.9 Å². The van der Waals surface area contributed by atoms with Crippen LogP contribution in [0, 0.1) is 0 Å². The fraction of sp³-hybridized carbons (Fsp3) is 0.500. The maximum Gasteiger partial charge on any atom is 0.250 e. The second kappa shape index (κ2) is 6.49. The Labute approximate surface area is 98.0 Å². The van der Waals surface area contributed by atoms with Gasteiger partial charge in [-0.05, 0) is 29.8 Å². The van der Waals surface area contributed by atoms with Crippen molar-refractivity contribution in [3.63, 3.8) is 0 Å². The van der Waals surface area contributed by atoms with Gasteiger partial charge in [0.05, 0.1) is 0 Å². The van der Waals surface area contributed by atoms with Crippen LogP contribution >= 0.6 is 11.3 Å². The third-order valence-corrected chi connectivity index (χ3v) is 4.66. The number of nitrogens with zero attached hydrogens (tertiary/aromatic N) is 3. The average Bonchev–Trinajstić information content (AvgIpc) is 2.77. The first-order valence-electron chi connectivity index (χ1n) is 4.71. The van der Waals surface area contributed by atoms with E-state index in [0.29, 0.717) is 30.1 Å². The van der Waals surface area contributed by atoms with Gasteiger partial charge in [0.2, 0.25) is 10.0 Å². The average molecular weight is 260 g/mol. The summed E-state index contributed by atoms with van der Waals surface area (Å²) >= 11 is 1.18. The van der Waals surface area contributed by atoms with Crippen molar-refractivity contribution in [2.45, 2.75) is 17.1 Å². The van der Waals surface area contributed by atoms with E-state index in [1.165, 1.54) is 11.3 Å². The molecule has 0 saturated heterocycles. The Morgan fingerprint density at radius 2 is 2.31 bits per heavy atom. The summed E-state index contributed by atoms with van der Waals surface area (Å²) in [5.41, 5.74) is 8.03. The summed E-state index contributed by atoms with van der Waals surface area (Å²) in [6.07, 6.45) is 1.33. The minimum Gasteiger partial charge on any atom is -0.210 e. The summed E-state index contributed by atoms with van der Waals surface area (Å²) in [5.74, 6) is 0. The predicted octanol–water partition coefficient (Wildman–Crippen LogP) is 2.12. The molecular formula is C8H12N4O2S2. The van der Waals surface area contributed by atoms with Crippen molar-refractivity contribution in [1.29, 1.82) is 0 Å². The van der Waals surface area contributed by atoms with E-state index in [1.54, 1.807) is 17.5 Å². The van der Waals surface area contributed by atoms with E-state index in [4.69, 9.17) is 5.53 Å². The zero-order chi connectivity index (χ0) is 11.9. The quantitative estimate of drug-likeness (QED) is 0.352. The van der Waals surface area contributed by atoms with Crippen molar-refractivity contribution in [1.82, 2.24) is 4.72 Å². The third-order valence-electron chi connectivity index (χ3n) is 1.80. The minimum absolute atomic E-state index is 0.322. The van der Waals surface area contributed by atoms with Crippen LogP contribution in [-0.2, 0) is 10.0 Å². The minimum atomic E-state index is -3.34. The molecule has 1 rings (SSSR count). The molecule has 1 aromatic rings. The largest absolute Gasteiger partial charge is 0.250 e. The number of rotatable bonds is 7. The third kappa shape index (κ3) is 4.19. The zero-order valence-electron chi connectivity index (χ0n) is 8.54. The molecule has 0 saturated carbocycles. The number of unbranched alkanes of at least 4 members (excludes halogenated alkanes) is 1. The molecule has 0 fully saturated rings. The van der Waals surface area contributed by atoms with Gasteiger partial charge >= 0.3 is 0 Å². The zero-order valence-corrected chi connectivity index (χ0v) is 10.2. The lowest BCUT2D eigenvalue weighted by molar-refractivity contribution is 0.579. The molecule has 0 amide bonds. The number of thiophene rings is 1. The van der Waals surface area contributed by atoms with Crippen LogP contribution < -0.4 is 4.72 Å².